The number of halogens is 1. The third-order valence-electron chi connectivity index (χ3n) is 2.65. The summed E-state index contributed by atoms with van der Waals surface area (Å²) in [6, 6.07) is 4.97. The molecule has 10 heteroatoms. The van der Waals surface area contributed by atoms with Crippen molar-refractivity contribution in [2.75, 3.05) is 20.5 Å². The first-order valence-corrected chi connectivity index (χ1v) is 6.01. The minimum absolute atomic E-state index is 0.0128. The SMILES string of the molecule is CN1COCN(C(O)[n+]2ccccc2Cl)C1=N[N+](=O)[O-]. The molecule has 0 aliphatic carbocycles. The van der Waals surface area contributed by atoms with Crippen molar-refractivity contribution in [2.24, 2.45) is 5.10 Å². The van der Waals surface area contributed by atoms with E-state index in [-0.39, 0.29) is 24.6 Å². The highest BCUT2D eigenvalue weighted by Gasteiger charge is 2.36. The standard InChI is InChI=1S/C10H13ClN5O4/c1-13-6-20-7-15(9(13)12-16(18)19)10(17)14-5-3-2-4-8(14)11/h2-5,10,17H,6-7H2,1H3/q+1. The maximum atomic E-state index is 10.6. The van der Waals surface area contributed by atoms with Gasteiger partial charge >= 0.3 is 6.35 Å². The molecule has 0 bridgehead atoms. The Bertz CT molecular complexity index is 540. The number of hydrogen-bond acceptors (Lipinski definition) is 4. The summed E-state index contributed by atoms with van der Waals surface area (Å²) in [5, 5.41) is 23.6. The Labute approximate surface area is 119 Å². The van der Waals surface area contributed by atoms with Crippen LogP contribution in [0.15, 0.2) is 29.5 Å². The van der Waals surface area contributed by atoms with Gasteiger partial charge in [0, 0.05) is 19.2 Å². The fourth-order valence-corrected chi connectivity index (χ4v) is 1.98. The van der Waals surface area contributed by atoms with E-state index in [2.05, 4.69) is 5.10 Å². The van der Waals surface area contributed by atoms with Crippen LogP contribution in [-0.4, -0.2) is 46.4 Å². The minimum Gasteiger partial charge on any atom is -0.340 e. The van der Waals surface area contributed by atoms with E-state index >= 15 is 0 Å². The summed E-state index contributed by atoms with van der Waals surface area (Å²) in [6.07, 6.45) is 0.274. The highest BCUT2D eigenvalue weighted by molar-refractivity contribution is 6.28. The topological polar surface area (TPSA) is 95.3 Å². The van der Waals surface area contributed by atoms with Crippen LogP contribution in [0.1, 0.15) is 6.35 Å². The van der Waals surface area contributed by atoms with Gasteiger partial charge in [0.1, 0.15) is 18.6 Å². The van der Waals surface area contributed by atoms with Crippen molar-refractivity contribution >= 4 is 17.6 Å². The number of pyridine rings is 1. The Hall–Kier alpha value is -1.97. The molecule has 0 radical (unpaired) electrons. The van der Waals surface area contributed by atoms with E-state index in [0.717, 1.165) is 0 Å². The summed E-state index contributed by atoms with van der Waals surface area (Å²) in [7, 11) is 1.57. The van der Waals surface area contributed by atoms with Crippen LogP contribution in [0.25, 0.3) is 0 Å². The number of nitro groups is 1. The Kier molecular flexibility index (Phi) is 4.32. The molecule has 9 nitrogen and oxygen atoms in total. The van der Waals surface area contributed by atoms with Gasteiger partial charge in [0.2, 0.25) is 0 Å². The van der Waals surface area contributed by atoms with Crippen molar-refractivity contribution in [3.8, 4) is 0 Å². The second-order valence-corrected chi connectivity index (χ2v) is 4.43. The molecule has 108 valence electrons. The van der Waals surface area contributed by atoms with Gasteiger partial charge in [-0.3, -0.25) is 0 Å². The molecule has 0 saturated carbocycles. The third kappa shape index (κ3) is 2.95. The molecule has 0 aromatic carbocycles. The van der Waals surface area contributed by atoms with Crippen molar-refractivity contribution in [2.45, 2.75) is 6.35 Å². The van der Waals surface area contributed by atoms with Gasteiger partial charge in [0.15, 0.2) is 11.2 Å². The molecule has 1 aromatic heterocycles. The molecule has 1 atom stereocenters. The van der Waals surface area contributed by atoms with Crippen LogP contribution in [0, 0.1) is 10.1 Å². The molecule has 0 spiro atoms. The van der Waals surface area contributed by atoms with E-state index in [9.17, 15) is 15.2 Å². The molecule has 1 fully saturated rings. The predicted molar refractivity (Wildman–Crippen MR) is 67.8 cm³/mol. The van der Waals surface area contributed by atoms with Crippen molar-refractivity contribution in [3.63, 3.8) is 0 Å². The lowest BCUT2D eigenvalue weighted by Gasteiger charge is -2.34. The van der Waals surface area contributed by atoms with Crippen molar-refractivity contribution < 1.29 is 19.4 Å². The quantitative estimate of drug-likeness (QED) is 0.360. The summed E-state index contributed by atoms with van der Waals surface area (Å²) >= 11 is 5.98. The first kappa shape index (κ1) is 14.4. The van der Waals surface area contributed by atoms with Crippen LogP contribution in [0.5, 0.6) is 0 Å². The molecular formula is C10H13ClN5O4+. The number of aromatic nitrogens is 1. The number of ether oxygens (including phenoxy) is 1. The summed E-state index contributed by atoms with van der Waals surface area (Å²) in [5.74, 6) is -0.0128. The van der Waals surface area contributed by atoms with E-state index < -0.39 is 11.4 Å². The van der Waals surface area contributed by atoms with Crippen molar-refractivity contribution in [1.82, 2.24) is 9.80 Å². The summed E-state index contributed by atoms with van der Waals surface area (Å²) in [4.78, 5) is 13.2. The Morgan fingerprint density at radius 2 is 2.35 bits per heavy atom. The number of hydrogen-bond donors (Lipinski definition) is 1. The molecule has 0 amide bonds. The normalized spacial score (nSPS) is 19.2. The lowest BCUT2D eigenvalue weighted by molar-refractivity contribution is -0.778. The molecule has 1 aliphatic heterocycles. The minimum atomic E-state index is -1.27. The van der Waals surface area contributed by atoms with Crippen LogP contribution >= 0.6 is 11.6 Å². The van der Waals surface area contributed by atoms with Crippen LogP contribution in [0.2, 0.25) is 5.15 Å². The number of hydrazone groups is 1. The molecule has 1 aliphatic rings. The van der Waals surface area contributed by atoms with Crippen LogP contribution in [0.3, 0.4) is 0 Å². The molecule has 1 N–H and O–H groups in total. The van der Waals surface area contributed by atoms with E-state index in [1.54, 1.807) is 31.4 Å². The number of guanidine groups is 1. The van der Waals surface area contributed by atoms with Gasteiger partial charge in [-0.15, -0.1) is 4.57 Å². The van der Waals surface area contributed by atoms with Gasteiger partial charge in [-0.1, -0.05) is 0 Å². The monoisotopic (exact) mass is 302 g/mol. The maximum Gasteiger partial charge on any atom is 0.351 e. The molecule has 1 unspecified atom stereocenters. The fraction of sp³-hybridized carbons (Fsp3) is 0.400. The van der Waals surface area contributed by atoms with Gasteiger partial charge < -0.3 is 14.7 Å². The highest BCUT2D eigenvalue weighted by Crippen LogP contribution is 2.14. The predicted octanol–water partition coefficient (Wildman–Crippen LogP) is -0.197. The van der Waals surface area contributed by atoms with E-state index in [4.69, 9.17) is 16.3 Å². The largest absolute Gasteiger partial charge is 0.351 e. The molecule has 2 rings (SSSR count). The number of nitrogens with zero attached hydrogens (tertiary/aromatic N) is 5. The average molecular weight is 303 g/mol. The second kappa shape index (κ2) is 5.99. The van der Waals surface area contributed by atoms with Crippen molar-refractivity contribution in [1.29, 1.82) is 0 Å². The smallest absolute Gasteiger partial charge is 0.340 e. The maximum absolute atomic E-state index is 10.6. The fourth-order valence-electron chi connectivity index (χ4n) is 1.76. The van der Waals surface area contributed by atoms with Gasteiger partial charge in [0.05, 0.1) is 0 Å². The third-order valence-corrected chi connectivity index (χ3v) is 2.97. The van der Waals surface area contributed by atoms with Gasteiger partial charge in [0.25, 0.3) is 11.1 Å². The zero-order valence-electron chi connectivity index (χ0n) is 10.6. The first-order valence-electron chi connectivity index (χ1n) is 5.63. The van der Waals surface area contributed by atoms with Crippen LogP contribution < -0.4 is 4.57 Å². The number of aliphatic hydroxyl groups is 1. The lowest BCUT2D eigenvalue weighted by atomic mass is 10.5. The zero-order chi connectivity index (χ0) is 14.7. The van der Waals surface area contributed by atoms with Crippen LogP contribution in [-0.2, 0) is 4.74 Å². The average Bonchev–Trinajstić information content (AvgIpc) is 2.40. The van der Waals surface area contributed by atoms with Crippen LogP contribution in [0.4, 0.5) is 0 Å². The Balaban J connectivity index is 2.33. The molecule has 20 heavy (non-hydrogen) atoms. The second-order valence-electron chi connectivity index (χ2n) is 4.04. The lowest BCUT2D eigenvalue weighted by Crippen LogP contribution is -2.59. The number of aliphatic hydroxyl groups excluding tert-OH is 1. The van der Waals surface area contributed by atoms with E-state index in [1.807, 2.05) is 0 Å². The van der Waals surface area contributed by atoms with E-state index in [1.165, 1.54) is 14.4 Å². The molecular weight excluding hydrogens is 290 g/mol. The Morgan fingerprint density at radius 1 is 1.60 bits per heavy atom. The highest BCUT2D eigenvalue weighted by atomic mass is 35.5. The molecule has 1 aromatic rings. The van der Waals surface area contributed by atoms with Crippen molar-refractivity contribution in [3.05, 3.63) is 39.7 Å². The molecule has 2 heterocycles. The molecule has 1 saturated heterocycles. The van der Waals surface area contributed by atoms with Gasteiger partial charge in [-0.05, 0) is 17.7 Å². The van der Waals surface area contributed by atoms with E-state index in [0.29, 0.717) is 0 Å². The number of rotatable bonds is 3. The summed E-state index contributed by atoms with van der Waals surface area (Å²) in [5.41, 5.74) is 0. The first-order chi connectivity index (χ1) is 9.50. The summed E-state index contributed by atoms with van der Waals surface area (Å²) < 4.78 is 6.55. The Morgan fingerprint density at radius 3 is 3.00 bits per heavy atom. The van der Waals surface area contributed by atoms with Gasteiger partial charge in [-0.25, -0.2) is 15.0 Å². The van der Waals surface area contributed by atoms with Gasteiger partial charge in [-0.2, -0.15) is 0 Å². The zero-order valence-corrected chi connectivity index (χ0v) is 11.3. The summed E-state index contributed by atoms with van der Waals surface area (Å²) in [6.45, 7) is 0.0967.